The van der Waals surface area contributed by atoms with Crippen LogP contribution in [0.5, 0.6) is 0 Å². The van der Waals surface area contributed by atoms with Crippen LogP contribution in [0.1, 0.15) is 11.3 Å². The molecular weight excluding hydrogens is 312 g/mol. The fourth-order valence-corrected chi connectivity index (χ4v) is 3.05. The summed E-state index contributed by atoms with van der Waals surface area (Å²) in [6, 6.07) is 15.7. The smallest absolute Gasteiger partial charge is 0.228 e. The van der Waals surface area contributed by atoms with E-state index in [1.807, 2.05) is 61.7 Å². The number of aromatic nitrogens is 3. The first-order valence-corrected chi connectivity index (χ1v) is 8.16. The third-order valence-corrected chi connectivity index (χ3v) is 4.28. The number of para-hydroxylation sites is 1. The average Bonchev–Trinajstić information content (AvgIpc) is 3.22. The van der Waals surface area contributed by atoms with Crippen molar-refractivity contribution in [1.29, 1.82) is 0 Å². The number of nitrogens with zero attached hydrogens (tertiary/aromatic N) is 1. The second-order valence-electron chi connectivity index (χ2n) is 6.04. The number of imidazole rings is 1. The van der Waals surface area contributed by atoms with Gasteiger partial charge in [0.15, 0.2) is 0 Å². The van der Waals surface area contributed by atoms with Crippen LogP contribution in [-0.4, -0.2) is 20.9 Å². The lowest BCUT2D eigenvalue weighted by molar-refractivity contribution is -0.115. The normalized spacial score (nSPS) is 10.9. The fourth-order valence-electron chi connectivity index (χ4n) is 3.05. The van der Waals surface area contributed by atoms with Crippen LogP contribution < -0.4 is 5.32 Å². The van der Waals surface area contributed by atoms with E-state index in [-0.39, 0.29) is 5.91 Å². The number of anilines is 1. The first kappa shape index (κ1) is 15.2. The molecule has 5 nitrogen and oxygen atoms in total. The van der Waals surface area contributed by atoms with Crippen LogP contribution in [0.2, 0.25) is 0 Å². The summed E-state index contributed by atoms with van der Waals surface area (Å²) in [5.41, 5.74) is 5.68. The van der Waals surface area contributed by atoms with E-state index in [4.69, 9.17) is 0 Å². The number of rotatable bonds is 4. The number of aromatic amines is 2. The van der Waals surface area contributed by atoms with Gasteiger partial charge in [0.2, 0.25) is 5.91 Å². The first-order valence-electron chi connectivity index (χ1n) is 8.16. The van der Waals surface area contributed by atoms with Crippen LogP contribution in [0.3, 0.4) is 0 Å². The number of H-pyrrole nitrogens is 2. The number of aryl methyl sites for hydroxylation is 1. The van der Waals surface area contributed by atoms with Crippen LogP contribution in [0.15, 0.2) is 61.1 Å². The number of carbonyl (C=O) groups is 1. The van der Waals surface area contributed by atoms with Crippen molar-refractivity contribution in [1.82, 2.24) is 15.0 Å². The zero-order valence-corrected chi connectivity index (χ0v) is 13.8. The van der Waals surface area contributed by atoms with Crippen LogP contribution in [0.4, 0.5) is 5.69 Å². The monoisotopic (exact) mass is 330 g/mol. The zero-order chi connectivity index (χ0) is 17.2. The molecule has 2 aromatic carbocycles. The predicted octanol–water partition coefficient (Wildman–Crippen LogP) is 4.05. The molecule has 124 valence electrons. The minimum absolute atomic E-state index is 0.0411. The van der Waals surface area contributed by atoms with Crippen LogP contribution in [-0.2, 0) is 11.2 Å². The summed E-state index contributed by atoms with van der Waals surface area (Å²) in [6.07, 6.45) is 3.90. The Morgan fingerprint density at radius 3 is 2.84 bits per heavy atom. The summed E-state index contributed by atoms with van der Waals surface area (Å²) in [5, 5.41) is 4.06. The molecule has 0 aliphatic rings. The van der Waals surface area contributed by atoms with Gasteiger partial charge in [0.1, 0.15) is 0 Å². The van der Waals surface area contributed by atoms with Gasteiger partial charge in [0.05, 0.1) is 18.4 Å². The molecule has 3 N–H and O–H groups in total. The van der Waals surface area contributed by atoms with Crippen molar-refractivity contribution in [2.75, 3.05) is 5.32 Å². The highest BCUT2D eigenvalue weighted by molar-refractivity contribution is 5.96. The predicted molar refractivity (Wildman–Crippen MR) is 99.4 cm³/mol. The van der Waals surface area contributed by atoms with Crippen molar-refractivity contribution in [3.05, 3.63) is 72.3 Å². The molecule has 4 rings (SSSR count). The van der Waals surface area contributed by atoms with Crippen molar-refractivity contribution < 1.29 is 4.79 Å². The second kappa shape index (κ2) is 6.28. The zero-order valence-electron chi connectivity index (χ0n) is 13.8. The van der Waals surface area contributed by atoms with Crippen LogP contribution in [0.25, 0.3) is 22.2 Å². The van der Waals surface area contributed by atoms with E-state index in [1.165, 1.54) is 0 Å². The Morgan fingerprint density at radius 1 is 1.12 bits per heavy atom. The minimum atomic E-state index is -0.0411. The molecule has 1 amide bonds. The van der Waals surface area contributed by atoms with E-state index in [9.17, 15) is 4.79 Å². The molecular formula is C20H18N4O. The largest absolute Gasteiger partial charge is 0.361 e. The third kappa shape index (κ3) is 3.04. The van der Waals surface area contributed by atoms with E-state index < -0.39 is 0 Å². The molecule has 5 heteroatoms. The number of benzene rings is 2. The topological polar surface area (TPSA) is 73.6 Å². The van der Waals surface area contributed by atoms with Crippen molar-refractivity contribution in [3.63, 3.8) is 0 Å². The summed E-state index contributed by atoms with van der Waals surface area (Å²) in [7, 11) is 0. The maximum absolute atomic E-state index is 12.4. The molecule has 0 aliphatic carbocycles. The molecule has 0 fully saturated rings. The molecule has 0 atom stereocenters. The quantitative estimate of drug-likeness (QED) is 0.528. The van der Waals surface area contributed by atoms with E-state index in [0.29, 0.717) is 6.42 Å². The van der Waals surface area contributed by atoms with E-state index in [2.05, 4.69) is 20.3 Å². The lowest BCUT2D eigenvalue weighted by atomic mass is 10.1. The van der Waals surface area contributed by atoms with Gasteiger partial charge in [-0.2, -0.15) is 0 Å². The maximum atomic E-state index is 12.4. The van der Waals surface area contributed by atoms with Gasteiger partial charge in [-0.05, 0) is 30.7 Å². The van der Waals surface area contributed by atoms with Gasteiger partial charge in [0, 0.05) is 34.0 Å². The number of fused-ring (bicyclic) bond motifs is 1. The van der Waals surface area contributed by atoms with Crippen molar-refractivity contribution in [3.8, 4) is 11.3 Å². The number of hydrogen-bond donors (Lipinski definition) is 3. The van der Waals surface area contributed by atoms with Gasteiger partial charge in [-0.3, -0.25) is 4.79 Å². The molecule has 0 unspecified atom stereocenters. The Kier molecular flexibility index (Phi) is 3.82. The van der Waals surface area contributed by atoms with E-state index in [0.717, 1.165) is 39.1 Å². The Labute approximate surface area is 145 Å². The summed E-state index contributed by atoms with van der Waals surface area (Å²) in [6.45, 7) is 1.98. The molecule has 0 radical (unpaired) electrons. The van der Waals surface area contributed by atoms with Crippen LogP contribution in [0, 0.1) is 6.92 Å². The molecule has 4 aromatic rings. The maximum Gasteiger partial charge on any atom is 0.228 e. The highest BCUT2D eigenvalue weighted by atomic mass is 16.1. The number of nitrogens with one attached hydrogen (secondary N) is 3. The van der Waals surface area contributed by atoms with E-state index in [1.54, 1.807) is 6.33 Å². The molecule has 25 heavy (non-hydrogen) atoms. The standard InChI is InChI=1S/C20H18N4O/c1-13-20(23-12-22-13)14-5-4-6-16(9-14)24-19(25)10-15-11-21-18-8-3-2-7-17(15)18/h2-9,11-12,21H,10H2,1H3,(H,22,23)(H,24,25). The highest BCUT2D eigenvalue weighted by Crippen LogP contribution is 2.23. The highest BCUT2D eigenvalue weighted by Gasteiger charge is 2.10. The molecule has 0 saturated carbocycles. The van der Waals surface area contributed by atoms with Gasteiger partial charge in [0.25, 0.3) is 0 Å². The van der Waals surface area contributed by atoms with Gasteiger partial charge in [-0.1, -0.05) is 30.3 Å². The van der Waals surface area contributed by atoms with Crippen molar-refractivity contribution in [2.45, 2.75) is 13.3 Å². The average molecular weight is 330 g/mol. The van der Waals surface area contributed by atoms with Crippen LogP contribution >= 0.6 is 0 Å². The Hall–Kier alpha value is -3.34. The third-order valence-electron chi connectivity index (χ3n) is 4.28. The summed E-state index contributed by atoms with van der Waals surface area (Å²) in [5.74, 6) is -0.0411. The minimum Gasteiger partial charge on any atom is -0.361 e. The number of hydrogen-bond acceptors (Lipinski definition) is 2. The summed E-state index contributed by atoms with van der Waals surface area (Å²) in [4.78, 5) is 23.0. The molecule has 0 aliphatic heterocycles. The fraction of sp³-hybridized carbons (Fsp3) is 0.100. The number of carbonyl (C=O) groups excluding carboxylic acids is 1. The van der Waals surface area contributed by atoms with Gasteiger partial charge < -0.3 is 15.3 Å². The molecule has 2 heterocycles. The molecule has 0 spiro atoms. The summed E-state index contributed by atoms with van der Waals surface area (Å²) < 4.78 is 0. The lowest BCUT2D eigenvalue weighted by Crippen LogP contribution is -2.14. The SMILES string of the molecule is Cc1[nH]cnc1-c1cccc(NC(=O)Cc2c[nH]c3ccccc23)c1. The Balaban J connectivity index is 1.52. The Morgan fingerprint density at radius 2 is 2.00 bits per heavy atom. The van der Waals surface area contributed by atoms with E-state index >= 15 is 0 Å². The van der Waals surface area contributed by atoms with Crippen molar-refractivity contribution in [2.24, 2.45) is 0 Å². The first-order chi connectivity index (χ1) is 12.2. The van der Waals surface area contributed by atoms with Gasteiger partial charge >= 0.3 is 0 Å². The number of amides is 1. The van der Waals surface area contributed by atoms with Gasteiger partial charge in [-0.15, -0.1) is 0 Å². The molecule has 0 bridgehead atoms. The molecule has 2 aromatic heterocycles. The Bertz CT molecular complexity index is 1040. The second-order valence-corrected chi connectivity index (χ2v) is 6.04. The van der Waals surface area contributed by atoms with Gasteiger partial charge in [-0.25, -0.2) is 4.98 Å². The summed E-state index contributed by atoms with van der Waals surface area (Å²) >= 11 is 0. The molecule has 0 saturated heterocycles. The lowest BCUT2D eigenvalue weighted by Gasteiger charge is -2.07. The van der Waals surface area contributed by atoms with Crippen molar-refractivity contribution >= 4 is 22.5 Å².